The molecule has 1 N–H and O–H groups in total. The summed E-state index contributed by atoms with van der Waals surface area (Å²) in [6.45, 7) is 4.01. The molecule has 0 aromatic heterocycles. The molecule has 0 aliphatic heterocycles. The fraction of sp³-hybridized carbons (Fsp3) is 0.923. The summed E-state index contributed by atoms with van der Waals surface area (Å²) in [7, 11) is 0. The van der Waals surface area contributed by atoms with Gasteiger partial charge in [0.15, 0.2) is 0 Å². The highest BCUT2D eigenvalue weighted by molar-refractivity contribution is 4.84. The molecule has 0 aromatic rings. The number of aliphatic hydroxyl groups excluding tert-OH is 1. The summed E-state index contributed by atoms with van der Waals surface area (Å²) in [5.41, 5.74) is 0. The fourth-order valence-corrected chi connectivity index (χ4v) is 1.65. The average molecular weight is 211 g/mol. The molecule has 0 saturated carbocycles. The van der Waals surface area contributed by atoms with Crippen molar-refractivity contribution in [3.63, 3.8) is 0 Å². The van der Waals surface area contributed by atoms with Gasteiger partial charge in [0.05, 0.1) is 18.1 Å². The molecule has 88 valence electrons. The van der Waals surface area contributed by atoms with Crippen LogP contribution in [0.25, 0.3) is 0 Å². The molecule has 0 rings (SSSR count). The Morgan fingerprint density at radius 1 is 1.07 bits per heavy atom. The highest BCUT2D eigenvalue weighted by Gasteiger charge is 2.11. The zero-order valence-corrected chi connectivity index (χ0v) is 10.2. The van der Waals surface area contributed by atoms with Crippen LogP contribution in [0.5, 0.6) is 0 Å². The summed E-state index contributed by atoms with van der Waals surface area (Å²) in [5.74, 6) is -0.218. The van der Waals surface area contributed by atoms with E-state index in [-0.39, 0.29) is 5.92 Å². The van der Waals surface area contributed by atoms with Gasteiger partial charge in [-0.05, 0) is 13.3 Å². The van der Waals surface area contributed by atoms with Gasteiger partial charge in [-0.15, -0.1) is 0 Å². The predicted molar refractivity (Wildman–Crippen MR) is 63.4 cm³/mol. The molecular weight excluding hydrogens is 186 g/mol. The van der Waals surface area contributed by atoms with Crippen molar-refractivity contribution >= 4 is 0 Å². The van der Waals surface area contributed by atoms with Crippen LogP contribution in [0.2, 0.25) is 0 Å². The van der Waals surface area contributed by atoms with Crippen molar-refractivity contribution in [2.24, 2.45) is 5.92 Å². The first-order chi connectivity index (χ1) is 7.22. The fourth-order valence-electron chi connectivity index (χ4n) is 1.65. The van der Waals surface area contributed by atoms with Crippen molar-refractivity contribution in [2.45, 2.75) is 71.3 Å². The number of unbranched alkanes of at least 4 members (excludes halogenated alkanes) is 6. The first-order valence-electron chi connectivity index (χ1n) is 6.30. The Morgan fingerprint density at radius 2 is 1.60 bits per heavy atom. The highest BCUT2D eigenvalue weighted by atomic mass is 16.3. The molecular formula is C13H25NO. The lowest BCUT2D eigenvalue weighted by atomic mass is 9.99. The van der Waals surface area contributed by atoms with E-state index in [2.05, 4.69) is 13.0 Å². The highest BCUT2D eigenvalue weighted by Crippen LogP contribution is 2.13. The van der Waals surface area contributed by atoms with E-state index in [9.17, 15) is 5.11 Å². The third kappa shape index (κ3) is 8.44. The Labute approximate surface area is 94.3 Å². The molecule has 0 aromatic carbocycles. The quantitative estimate of drug-likeness (QED) is 0.592. The average Bonchev–Trinajstić information content (AvgIpc) is 2.26. The minimum atomic E-state index is -0.425. The van der Waals surface area contributed by atoms with Gasteiger partial charge in [-0.2, -0.15) is 5.26 Å². The van der Waals surface area contributed by atoms with Gasteiger partial charge in [-0.3, -0.25) is 0 Å². The van der Waals surface area contributed by atoms with Crippen LogP contribution in [0.3, 0.4) is 0 Å². The number of aliphatic hydroxyl groups is 1. The number of rotatable bonds is 9. The maximum atomic E-state index is 9.54. The van der Waals surface area contributed by atoms with Gasteiger partial charge in [-0.1, -0.05) is 51.9 Å². The Hall–Kier alpha value is -0.550. The second kappa shape index (κ2) is 9.98. The van der Waals surface area contributed by atoms with E-state index in [1.807, 2.05) is 0 Å². The minimum Gasteiger partial charge on any atom is -0.392 e. The summed E-state index contributed by atoms with van der Waals surface area (Å²) in [6.07, 6.45) is 9.16. The summed E-state index contributed by atoms with van der Waals surface area (Å²) in [5, 5.41) is 18.1. The van der Waals surface area contributed by atoms with Gasteiger partial charge >= 0.3 is 0 Å². The Kier molecular flexibility index (Phi) is 9.62. The summed E-state index contributed by atoms with van der Waals surface area (Å²) < 4.78 is 0. The smallest absolute Gasteiger partial charge is 0.0695 e. The topological polar surface area (TPSA) is 44.0 Å². The minimum absolute atomic E-state index is 0.218. The van der Waals surface area contributed by atoms with E-state index in [0.717, 1.165) is 12.8 Å². The zero-order valence-electron chi connectivity index (χ0n) is 10.2. The van der Waals surface area contributed by atoms with Crippen LogP contribution in [0.1, 0.15) is 65.2 Å². The monoisotopic (exact) mass is 211 g/mol. The zero-order chi connectivity index (χ0) is 11.5. The van der Waals surface area contributed by atoms with Crippen LogP contribution < -0.4 is 0 Å². The largest absolute Gasteiger partial charge is 0.392 e. The summed E-state index contributed by atoms with van der Waals surface area (Å²) in [4.78, 5) is 0. The molecule has 0 aliphatic carbocycles. The van der Waals surface area contributed by atoms with Gasteiger partial charge in [-0.25, -0.2) is 0 Å². The lowest BCUT2D eigenvalue weighted by molar-refractivity contribution is 0.127. The summed E-state index contributed by atoms with van der Waals surface area (Å²) in [6, 6.07) is 2.08. The van der Waals surface area contributed by atoms with Crippen LogP contribution in [0.15, 0.2) is 0 Å². The molecule has 2 heteroatoms. The van der Waals surface area contributed by atoms with Crippen molar-refractivity contribution < 1.29 is 5.11 Å². The predicted octanol–water partition coefficient (Wildman–Crippen LogP) is 3.65. The molecule has 0 saturated heterocycles. The Morgan fingerprint density at radius 3 is 2.13 bits per heavy atom. The van der Waals surface area contributed by atoms with E-state index in [4.69, 9.17) is 5.26 Å². The SMILES string of the molecule is CCCCCCCCCC(O)C(C)C#N. The van der Waals surface area contributed by atoms with Crippen LogP contribution in [0.4, 0.5) is 0 Å². The Balaban J connectivity index is 3.21. The standard InChI is InChI=1S/C13H25NO/c1-3-4-5-6-7-8-9-10-13(15)12(2)11-14/h12-13,15H,3-10H2,1-2H3. The van der Waals surface area contributed by atoms with Gasteiger partial charge in [0, 0.05) is 0 Å². The second-order valence-corrected chi connectivity index (χ2v) is 4.40. The third-order valence-corrected chi connectivity index (χ3v) is 2.88. The first kappa shape index (κ1) is 14.5. The molecule has 2 unspecified atom stereocenters. The third-order valence-electron chi connectivity index (χ3n) is 2.88. The molecule has 0 aliphatic rings. The van der Waals surface area contributed by atoms with Crippen LogP contribution in [-0.2, 0) is 0 Å². The number of nitriles is 1. The summed E-state index contributed by atoms with van der Waals surface area (Å²) >= 11 is 0. The van der Waals surface area contributed by atoms with Crippen molar-refractivity contribution in [2.75, 3.05) is 0 Å². The van der Waals surface area contributed by atoms with Gasteiger partial charge in [0.2, 0.25) is 0 Å². The van der Waals surface area contributed by atoms with Gasteiger partial charge in [0.1, 0.15) is 0 Å². The lowest BCUT2D eigenvalue weighted by Gasteiger charge is -2.11. The van der Waals surface area contributed by atoms with Crippen LogP contribution >= 0.6 is 0 Å². The molecule has 0 radical (unpaired) electrons. The molecule has 0 heterocycles. The van der Waals surface area contributed by atoms with Crippen molar-refractivity contribution in [1.29, 1.82) is 5.26 Å². The van der Waals surface area contributed by atoms with Gasteiger partial charge < -0.3 is 5.11 Å². The van der Waals surface area contributed by atoms with E-state index in [0.29, 0.717) is 0 Å². The molecule has 2 nitrogen and oxygen atoms in total. The maximum absolute atomic E-state index is 9.54. The van der Waals surface area contributed by atoms with Crippen molar-refractivity contribution in [1.82, 2.24) is 0 Å². The van der Waals surface area contributed by atoms with E-state index in [1.54, 1.807) is 6.92 Å². The number of hydrogen-bond acceptors (Lipinski definition) is 2. The molecule has 15 heavy (non-hydrogen) atoms. The van der Waals surface area contributed by atoms with Gasteiger partial charge in [0.25, 0.3) is 0 Å². The second-order valence-electron chi connectivity index (χ2n) is 4.40. The lowest BCUT2D eigenvalue weighted by Crippen LogP contribution is -2.15. The van der Waals surface area contributed by atoms with Crippen molar-refractivity contribution in [3.8, 4) is 6.07 Å². The number of hydrogen-bond donors (Lipinski definition) is 1. The Bertz CT molecular complexity index is 174. The van der Waals surface area contributed by atoms with E-state index in [1.165, 1.54) is 38.5 Å². The molecule has 0 bridgehead atoms. The number of nitrogens with zero attached hydrogens (tertiary/aromatic N) is 1. The first-order valence-corrected chi connectivity index (χ1v) is 6.30. The molecule has 0 amide bonds. The van der Waals surface area contributed by atoms with Crippen LogP contribution in [0, 0.1) is 17.2 Å². The van der Waals surface area contributed by atoms with E-state index >= 15 is 0 Å². The molecule has 2 atom stereocenters. The molecule has 0 spiro atoms. The molecule has 0 fully saturated rings. The normalized spacial score (nSPS) is 14.5. The maximum Gasteiger partial charge on any atom is 0.0695 e. The van der Waals surface area contributed by atoms with E-state index < -0.39 is 6.10 Å². The van der Waals surface area contributed by atoms with Crippen LogP contribution in [-0.4, -0.2) is 11.2 Å². The van der Waals surface area contributed by atoms with Crippen molar-refractivity contribution in [3.05, 3.63) is 0 Å².